The monoisotopic (exact) mass is 237 g/mol. The van der Waals surface area contributed by atoms with Gasteiger partial charge in [0.15, 0.2) is 5.16 Å². The summed E-state index contributed by atoms with van der Waals surface area (Å²) in [5.74, 6) is 0. The molecule has 0 radical (unpaired) electrons. The molecule has 2 heterocycles. The molecule has 0 atom stereocenters. The maximum absolute atomic E-state index is 11.1. The van der Waals surface area contributed by atoms with E-state index in [1.54, 1.807) is 13.2 Å². The van der Waals surface area contributed by atoms with Crippen molar-refractivity contribution in [2.24, 2.45) is 12.8 Å². The second kappa shape index (κ2) is 4.50. The number of pyridine rings is 1. The van der Waals surface area contributed by atoms with Crippen LogP contribution in [-0.4, -0.2) is 19.7 Å². The standard InChI is InChI=1S/C9H11N5OS/c1-14-8(15)12-13-9(14)16-7-3-2-6(4-10)5-11-7/h2-3,5H,4,10H2,1H3,(H,12,15). The molecule has 0 saturated heterocycles. The van der Waals surface area contributed by atoms with Crippen LogP contribution in [0.2, 0.25) is 0 Å². The van der Waals surface area contributed by atoms with Crippen LogP contribution in [-0.2, 0) is 13.6 Å². The predicted molar refractivity (Wildman–Crippen MR) is 60.1 cm³/mol. The Labute approximate surface area is 95.9 Å². The van der Waals surface area contributed by atoms with Gasteiger partial charge in [-0.25, -0.2) is 14.9 Å². The third kappa shape index (κ3) is 2.15. The number of aromatic nitrogens is 4. The van der Waals surface area contributed by atoms with Gasteiger partial charge in [0.25, 0.3) is 0 Å². The number of H-pyrrole nitrogens is 1. The van der Waals surface area contributed by atoms with E-state index < -0.39 is 0 Å². The highest BCUT2D eigenvalue weighted by Crippen LogP contribution is 2.22. The van der Waals surface area contributed by atoms with E-state index in [-0.39, 0.29) is 5.69 Å². The lowest BCUT2D eigenvalue weighted by molar-refractivity contribution is 0.764. The van der Waals surface area contributed by atoms with E-state index in [0.717, 1.165) is 10.6 Å². The van der Waals surface area contributed by atoms with Crippen LogP contribution in [0.4, 0.5) is 0 Å². The van der Waals surface area contributed by atoms with E-state index in [1.807, 2.05) is 12.1 Å². The van der Waals surface area contributed by atoms with E-state index in [0.29, 0.717) is 11.7 Å². The van der Waals surface area contributed by atoms with E-state index in [9.17, 15) is 4.79 Å². The number of nitrogens with one attached hydrogen (secondary N) is 1. The van der Waals surface area contributed by atoms with Crippen molar-refractivity contribution in [1.29, 1.82) is 0 Å². The van der Waals surface area contributed by atoms with Crippen molar-refractivity contribution in [2.45, 2.75) is 16.7 Å². The predicted octanol–water partition coefficient (Wildman–Crippen LogP) is 0.113. The molecule has 0 amide bonds. The van der Waals surface area contributed by atoms with Crippen molar-refractivity contribution in [3.05, 3.63) is 34.4 Å². The Hall–Kier alpha value is -1.60. The summed E-state index contributed by atoms with van der Waals surface area (Å²) in [6.45, 7) is 0.471. The summed E-state index contributed by atoms with van der Waals surface area (Å²) in [6, 6.07) is 3.76. The van der Waals surface area contributed by atoms with Crippen LogP contribution in [0.3, 0.4) is 0 Å². The number of hydrogen-bond acceptors (Lipinski definition) is 5. The summed E-state index contributed by atoms with van der Waals surface area (Å²) in [4.78, 5) is 15.3. The average Bonchev–Trinajstić information content (AvgIpc) is 2.62. The molecule has 0 saturated carbocycles. The summed E-state index contributed by atoms with van der Waals surface area (Å²) in [7, 11) is 1.66. The highest BCUT2D eigenvalue weighted by atomic mass is 32.2. The van der Waals surface area contributed by atoms with Crippen molar-refractivity contribution < 1.29 is 0 Å². The first-order chi connectivity index (χ1) is 7.70. The number of rotatable bonds is 3. The van der Waals surface area contributed by atoms with E-state index >= 15 is 0 Å². The molecule has 2 aromatic heterocycles. The molecule has 0 aliphatic heterocycles. The molecular formula is C9H11N5OS. The Balaban J connectivity index is 2.20. The summed E-state index contributed by atoms with van der Waals surface area (Å²) in [6.07, 6.45) is 1.72. The minimum Gasteiger partial charge on any atom is -0.326 e. The van der Waals surface area contributed by atoms with Crippen LogP contribution < -0.4 is 11.4 Å². The van der Waals surface area contributed by atoms with Crippen molar-refractivity contribution in [3.8, 4) is 0 Å². The van der Waals surface area contributed by atoms with Gasteiger partial charge in [-0.3, -0.25) is 4.57 Å². The maximum atomic E-state index is 11.1. The van der Waals surface area contributed by atoms with Gasteiger partial charge < -0.3 is 5.73 Å². The van der Waals surface area contributed by atoms with Crippen molar-refractivity contribution >= 4 is 11.8 Å². The quantitative estimate of drug-likeness (QED) is 0.791. The molecule has 0 aromatic carbocycles. The van der Waals surface area contributed by atoms with Gasteiger partial charge in [-0.15, -0.1) is 5.10 Å². The third-order valence-electron chi connectivity index (χ3n) is 2.07. The Kier molecular flexibility index (Phi) is 3.07. The molecule has 0 fully saturated rings. The number of aromatic amines is 1. The van der Waals surface area contributed by atoms with E-state index in [4.69, 9.17) is 5.73 Å². The molecule has 0 aliphatic rings. The zero-order valence-electron chi connectivity index (χ0n) is 8.67. The second-order valence-electron chi connectivity index (χ2n) is 3.18. The molecule has 16 heavy (non-hydrogen) atoms. The lowest BCUT2D eigenvalue weighted by Gasteiger charge is -2.00. The number of nitrogens with two attached hydrogens (primary N) is 1. The highest BCUT2D eigenvalue weighted by Gasteiger charge is 2.06. The zero-order chi connectivity index (χ0) is 11.5. The van der Waals surface area contributed by atoms with Gasteiger partial charge in [-0.05, 0) is 23.4 Å². The fourth-order valence-corrected chi connectivity index (χ4v) is 1.85. The smallest absolute Gasteiger partial charge is 0.326 e. The zero-order valence-corrected chi connectivity index (χ0v) is 9.49. The normalized spacial score (nSPS) is 10.6. The van der Waals surface area contributed by atoms with Gasteiger partial charge in [-0.2, -0.15) is 0 Å². The summed E-state index contributed by atoms with van der Waals surface area (Å²) in [5, 5.41) is 7.60. The van der Waals surface area contributed by atoms with Gasteiger partial charge in [0.2, 0.25) is 0 Å². The molecule has 3 N–H and O–H groups in total. The highest BCUT2D eigenvalue weighted by molar-refractivity contribution is 7.99. The van der Waals surface area contributed by atoms with Gasteiger partial charge in [-0.1, -0.05) is 6.07 Å². The largest absolute Gasteiger partial charge is 0.343 e. The van der Waals surface area contributed by atoms with Crippen LogP contribution in [0.25, 0.3) is 0 Å². The Morgan fingerprint density at radius 3 is 2.88 bits per heavy atom. The molecule has 84 valence electrons. The van der Waals surface area contributed by atoms with Gasteiger partial charge in [0.05, 0.1) is 0 Å². The summed E-state index contributed by atoms with van der Waals surface area (Å²) < 4.78 is 1.43. The summed E-state index contributed by atoms with van der Waals surface area (Å²) >= 11 is 1.32. The van der Waals surface area contributed by atoms with Crippen LogP contribution in [0, 0.1) is 0 Å². The molecule has 0 spiro atoms. The lowest BCUT2D eigenvalue weighted by atomic mass is 10.3. The maximum Gasteiger partial charge on any atom is 0.343 e. The van der Waals surface area contributed by atoms with Crippen LogP contribution in [0.15, 0.2) is 33.3 Å². The van der Waals surface area contributed by atoms with Gasteiger partial charge >= 0.3 is 5.69 Å². The lowest BCUT2D eigenvalue weighted by Crippen LogP contribution is -2.12. The number of hydrogen-bond donors (Lipinski definition) is 2. The van der Waals surface area contributed by atoms with Crippen LogP contribution >= 0.6 is 11.8 Å². The molecule has 7 heteroatoms. The fraction of sp³-hybridized carbons (Fsp3) is 0.222. The van der Waals surface area contributed by atoms with Gasteiger partial charge in [0.1, 0.15) is 5.03 Å². The molecular weight excluding hydrogens is 226 g/mol. The number of nitrogens with zero attached hydrogens (tertiary/aromatic N) is 3. The van der Waals surface area contributed by atoms with Crippen molar-refractivity contribution in [1.82, 2.24) is 19.7 Å². The Morgan fingerprint density at radius 2 is 2.38 bits per heavy atom. The Morgan fingerprint density at radius 1 is 1.56 bits per heavy atom. The van der Waals surface area contributed by atoms with Crippen molar-refractivity contribution in [3.63, 3.8) is 0 Å². The minimum atomic E-state index is -0.235. The molecule has 2 rings (SSSR count). The molecule has 2 aromatic rings. The molecule has 6 nitrogen and oxygen atoms in total. The minimum absolute atomic E-state index is 0.235. The SMILES string of the molecule is Cn1c(Sc2ccc(CN)cn2)n[nH]c1=O. The molecule has 0 unspecified atom stereocenters. The van der Waals surface area contributed by atoms with E-state index in [2.05, 4.69) is 15.2 Å². The first kappa shape index (κ1) is 10.9. The van der Waals surface area contributed by atoms with Gasteiger partial charge in [0, 0.05) is 19.8 Å². The van der Waals surface area contributed by atoms with E-state index in [1.165, 1.54) is 16.3 Å². The first-order valence-electron chi connectivity index (χ1n) is 4.65. The summed E-state index contributed by atoms with van der Waals surface area (Å²) in [5.41, 5.74) is 6.21. The Bertz CT molecular complexity index is 530. The third-order valence-corrected chi connectivity index (χ3v) is 3.07. The van der Waals surface area contributed by atoms with Crippen molar-refractivity contribution in [2.75, 3.05) is 0 Å². The fourth-order valence-electron chi connectivity index (χ4n) is 1.11. The molecule has 0 bridgehead atoms. The van der Waals surface area contributed by atoms with Crippen LogP contribution in [0.5, 0.6) is 0 Å². The average molecular weight is 237 g/mol. The topological polar surface area (TPSA) is 89.6 Å². The van der Waals surface area contributed by atoms with Crippen LogP contribution in [0.1, 0.15) is 5.56 Å². The first-order valence-corrected chi connectivity index (χ1v) is 5.46. The second-order valence-corrected chi connectivity index (χ2v) is 4.17. The molecule has 0 aliphatic carbocycles.